The highest BCUT2D eigenvalue weighted by atomic mass is 35.5. The molecule has 6 heteroatoms. The molecule has 1 aromatic carbocycles. The van der Waals surface area contributed by atoms with Crippen molar-refractivity contribution < 1.29 is 14.3 Å². The number of esters is 1. The van der Waals surface area contributed by atoms with E-state index in [-0.39, 0.29) is 29.1 Å². The minimum absolute atomic E-state index is 0.0734. The van der Waals surface area contributed by atoms with E-state index in [0.717, 1.165) is 55.7 Å². The zero-order valence-electron chi connectivity index (χ0n) is 23.2. The van der Waals surface area contributed by atoms with Crippen LogP contribution in [0.2, 0.25) is 5.02 Å². The lowest BCUT2D eigenvalue weighted by atomic mass is 9.59. The second kappa shape index (κ2) is 12.1. The van der Waals surface area contributed by atoms with Crippen LogP contribution in [-0.4, -0.2) is 55.5 Å². The third kappa shape index (κ3) is 7.13. The molecule has 2 aliphatic rings. The first-order chi connectivity index (χ1) is 16.9. The van der Waals surface area contributed by atoms with Gasteiger partial charge in [-0.15, -0.1) is 0 Å². The molecule has 0 aromatic heterocycles. The molecule has 0 N–H and O–H groups in total. The molecule has 1 heterocycles. The molecule has 1 aromatic rings. The van der Waals surface area contributed by atoms with Crippen LogP contribution in [0.25, 0.3) is 0 Å². The highest BCUT2D eigenvalue weighted by Gasteiger charge is 2.47. The third-order valence-corrected chi connectivity index (χ3v) is 8.11. The van der Waals surface area contributed by atoms with Crippen LogP contribution >= 0.6 is 11.6 Å². The number of hydrogen-bond donors (Lipinski definition) is 0. The number of carbonyl (C=O) groups is 2. The van der Waals surface area contributed by atoms with Crippen molar-refractivity contribution in [3.63, 3.8) is 0 Å². The minimum Gasteiger partial charge on any atom is -0.466 e. The molecule has 2 atom stereocenters. The largest absolute Gasteiger partial charge is 0.466 e. The summed E-state index contributed by atoms with van der Waals surface area (Å²) in [5.41, 5.74) is 3.60. The average molecular weight is 517 g/mol. The van der Waals surface area contributed by atoms with Crippen molar-refractivity contribution >= 4 is 23.5 Å². The molecule has 0 bridgehead atoms. The summed E-state index contributed by atoms with van der Waals surface area (Å²) < 4.78 is 5.10. The summed E-state index contributed by atoms with van der Waals surface area (Å²) in [7, 11) is 4.22. The summed E-state index contributed by atoms with van der Waals surface area (Å²) >= 11 is 6.85. The first-order valence-corrected chi connectivity index (χ1v) is 13.9. The predicted octanol–water partition coefficient (Wildman–Crippen LogP) is 6.38. The Morgan fingerprint density at radius 1 is 1.28 bits per heavy atom. The van der Waals surface area contributed by atoms with Gasteiger partial charge in [0, 0.05) is 29.6 Å². The van der Waals surface area contributed by atoms with E-state index >= 15 is 0 Å². The Balaban J connectivity index is 1.95. The number of hydrogen-bond acceptors (Lipinski definition) is 4. The lowest BCUT2D eigenvalue weighted by molar-refractivity contribution is -0.143. The zero-order valence-corrected chi connectivity index (χ0v) is 23.9. The number of allylic oxidation sites excluding steroid dienone is 1. The number of fused-ring (bicyclic) bond motifs is 1. The molecule has 2 unspecified atom stereocenters. The Bertz CT molecular complexity index is 965. The minimum atomic E-state index is -0.320. The van der Waals surface area contributed by atoms with Gasteiger partial charge >= 0.3 is 5.97 Å². The summed E-state index contributed by atoms with van der Waals surface area (Å²) in [5, 5.41) is 0.804. The van der Waals surface area contributed by atoms with E-state index in [1.54, 1.807) is 11.8 Å². The van der Waals surface area contributed by atoms with Gasteiger partial charge < -0.3 is 14.5 Å². The van der Waals surface area contributed by atoms with Gasteiger partial charge in [0.25, 0.3) is 0 Å². The number of benzene rings is 1. The Labute approximate surface area is 223 Å². The first-order valence-electron chi connectivity index (χ1n) is 13.6. The summed E-state index contributed by atoms with van der Waals surface area (Å²) in [4.78, 5) is 29.4. The van der Waals surface area contributed by atoms with Crippen LogP contribution in [0.5, 0.6) is 0 Å². The van der Waals surface area contributed by atoms with Gasteiger partial charge in [0.05, 0.1) is 13.0 Å². The molecule has 0 spiro atoms. The van der Waals surface area contributed by atoms with Gasteiger partial charge in [0.15, 0.2) is 0 Å². The topological polar surface area (TPSA) is 49.9 Å². The maximum Gasteiger partial charge on any atom is 0.307 e. The summed E-state index contributed by atoms with van der Waals surface area (Å²) in [6.45, 7) is 10.3. The number of ether oxygens (including phenoxy) is 1. The number of carbonyl (C=O) groups excluding carboxylic acids is 2. The third-order valence-electron chi connectivity index (χ3n) is 7.75. The molecular formula is C30H45ClN2O3. The van der Waals surface area contributed by atoms with Gasteiger partial charge in [-0.1, -0.05) is 50.9 Å². The molecule has 1 aliphatic carbocycles. The van der Waals surface area contributed by atoms with Gasteiger partial charge in [-0.05, 0) is 93.8 Å². The maximum absolute atomic E-state index is 13.4. The summed E-state index contributed by atoms with van der Waals surface area (Å²) in [6.07, 6.45) is 8.96. The van der Waals surface area contributed by atoms with Crippen molar-refractivity contribution in [3.05, 3.63) is 46.1 Å². The van der Waals surface area contributed by atoms with E-state index in [1.807, 2.05) is 0 Å². The van der Waals surface area contributed by atoms with E-state index < -0.39 is 0 Å². The predicted molar refractivity (Wildman–Crippen MR) is 147 cm³/mol. The summed E-state index contributed by atoms with van der Waals surface area (Å²) in [6, 6.07) is 6.52. The van der Waals surface area contributed by atoms with Crippen LogP contribution in [0.1, 0.15) is 83.8 Å². The number of nitrogens with zero attached hydrogens (tertiary/aromatic N) is 2. The molecular weight excluding hydrogens is 472 g/mol. The molecule has 1 aliphatic heterocycles. The highest BCUT2D eigenvalue weighted by Crippen LogP contribution is 2.52. The lowest BCUT2D eigenvalue weighted by Crippen LogP contribution is -2.47. The number of aryl methyl sites for hydroxylation is 1. The van der Waals surface area contributed by atoms with Crippen molar-refractivity contribution in [1.82, 2.24) is 9.80 Å². The van der Waals surface area contributed by atoms with Crippen LogP contribution < -0.4 is 0 Å². The molecule has 3 rings (SSSR count). The van der Waals surface area contributed by atoms with Crippen LogP contribution in [0.4, 0.5) is 0 Å². The summed E-state index contributed by atoms with van der Waals surface area (Å²) in [5.74, 6) is 0.217. The maximum atomic E-state index is 13.4. The second-order valence-electron chi connectivity index (χ2n) is 12.0. The van der Waals surface area contributed by atoms with E-state index in [2.05, 4.69) is 64.2 Å². The quantitative estimate of drug-likeness (QED) is 0.339. The lowest BCUT2D eigenvalue weighted by Gasteiger charge is -2.48. The fourth-order valence-electron chi connectivity index (χ4n) is 5.68. The van der Waals surface area contributed by atoms with Crippen LogP contribution in [0.15, 0.2) is 30.0 Å². The SMILES string of the molecule is CCOC(=O)CCN1C=C2C(CCN(C)C)CCCC2(c2ccc(CCC(C)(C)C)c(Cl)c2)CC1=O. The van der Waals surface area contributed by atoms with E-state index in [1.165, 1.54) is 11.1 Å². The van der Waals surface area contributed by atoms with Crippen LogP contribution in [0, 0.1) is 11.3 Å². The van der Waals surface area contributed by atoms with Gasteiger partial charge in [0.1, 0.15) is 0 Å². The molecule has 200 valence electrons. The monoisotopic (exact) mass is 516 g/mol. The van der Waals surface area contributed by atoms with Crippen molar-refractivity contribution in [2.75, 3.05) is 33.8 Å². The Morgan fingerprint density at radius 3 is 2.67 bits per heavy atom. The Hall–Kier alpha value is -1.85. The van der Waals surface area contributed by atoms with Gasteiger partial charge in [-0.2, -0.15) is 0 Å². The van der Waals surface area contributed by atoms with Crippen molar-refractivity contribution in [1.29, 1.82) is 0 Å². The number of amides is 1. The number of halogens is 1. The van der Waals surface area contributed by atoms with Crippen LogP contribution in [0.3, 0.4) is 0 Å². The van der Waals surface area contributed by atoms with Crippen molar-refractivity contribution in [2.45, 2.75) is 84.5 Å². The van der Waals surface area contributed by atoms with Crippen molar-refractivity contribution in [3.8, 4) is 0 Å². The molecule has 1 fully saturated rings. The molecule has 0 radical (unpaired) electrons. The molecule has 1 saturated carbocycles. The highest BCUT2D eigenvalue weighted by molar-refractivity contribution is 6.31. The van der Waals surface area contributed by atoms with E-state index in [9.17, 15) is 9.59 Å². The Morgan fingerprint density at radius 2 is 2.03 bits per heavy atom. The molecule has 1 amide bonds. The number of rotatable bonds is 10. The Kier molecular flexibility index (Phi) is 9.68. The second-order valence-corrected chi connectivity index (χ2v) is 12.4. The zero-order chi connectivity index (χ0) is 26.5. The molecule has 36 heavy (non-hydrogen) atoms. The normalized spacial score (nSPS) is 22.4. The van der Waals surface area contributed by atoms with Gasteiger partial charge in [-0.3, -0.25) is 9.59 Å². The molecule has 5 nitrogen and oxygen atoms in total. The fraction of sp³-hybridized carbons (Fsp3) is 0.667. The van der Waals surface area contributed by atoms with Crippen molar-refractivity contribution in [2.24, 2.45) is 11.3 Å². The average Bonchev–Trinajstić information content (AvgIpc) is 2.80. The van der Waals surface area contributed by atoms with Crippen LogP contribution in [-0.2, 0) is 26.2 Å². The first kappa shape index (κ1) is 28.7. The van der Waals surface area contributed by atoms with Gasteiger partial charge in [0.2, 0.25) is 5.91 Å². The standard InChI is InChI=1S/C30H45ClN2O3/c1-7-36-28(35)14-18-33-21-25-22(13-17-32(5)6)9-8-15-30(25,20-27(33)34)24-11-10-23(26(31)19-24)12-16-29(2,3)4/h10-11,19,21-22H,7-9,12-18,20H2,1-6H3. The molecule has 0 saturated heterocycles. The van der Waals surface area contributed by atoms with E-state index in [4.69, 9.17) is 16.3 Å². The van der Waals surface area contributed by atoms with Gasteiger partial charge in [-0.25, -0.2) is 0 Å². The smallest absolute Gasteiger partial charge is 0.307 e. The van der Waals surface area contributed by atoms with E-state index in [0.29, 0.717) is 25.5 Å². The fourth-order valence-corrected chi connectivity index (χ4v) is 5.95.